The number of benzene rings is 3. The number of carboxylic acid groups (broad SMARTS) is 1. The molecule has 0 amide bonds. The van der Waals surface area contributed by atoms with Gasteiger partial charge in [0.15, 0.2) is 0 Å². The van der Waals surface area contributed by atoms with Crippen LogP contribution < -0.4 is 5.32 Å². The number of unbranched alkanes of at least 4 members (excludes halogenated alkanes) is 4. The van der Waals surface area contributed by atoms with Crippen molar-refractivity contribution in [3.63, 3.8) is 0 Å². The van der Waals surface area contributed by atoms with Gasteiger partial charge in [-0.15, -0.1) is 0 Å². The topological polar surface area (TPSA) is 139 Å². The van der Waals surface area contributed by atoms with Gasteiger partial charge in [0.05, 0.1) is 17.7 Å². The first kappa shape index (κ1) is 35.3. The summed E-state index contributed by atoms with van der Waals surface area (Å²) >= 11 is 11.0. The number of aromatic carboxylic acids is 1. The fraction of sp³-hybridized carbons (Fsp3) is 0.406. The molecule has 0 saturated heterocycles. The molecule has 10 heteroatoms. The van der Waals surface area contributed by atoms with Crippen molar-refractivity contribution >= 4 is 29.2 Å². The minimum atomic E-state index is -1.27. The zero-order chi connectivity index (χ0) is 30.7. The standard InChI is InChI=1S/C25H37NO4.C7H4Cl2O3/c27-20-23-18-22(13-14-24(23)28)25(29)19-26-15-7-1-2-8-16-30-17-9-6-12-21-10-4-3-5-11-21;8-3-1-4(7(11)12)6(10)5(9)2-3/h3-5,10-11,13-14,18,25-29H,1-2,6-9,12,15-17,19-20H2;1-2,10H,(H,11,12). The molecule has 1 atom stereocenters. The molecular formula is C32H41Cl2NO7. The highest BCUT2D eigenvalue weighted by Gasteiger charge is 2.13. The first-order valence-corrected chi connectivity index (χ1v) is 14.8. The third-order valence-corrected chi connectivity index (χ3v) is 7.00. The number of aliphatic hydroxyl groups excluding tert-OH is 2. The minimum Gasteiger partial charge on any atom is -0.508 e. The van der Waals surface area contributed by atoms with Crippen LogP contribution in [0.15, 0.2) is 60.7 Å². The second kappa shape index (κ2) is 20.1. The summed E-state index contributed by atoms with van der Waals surface area (Å²) in [4.78, 5) is 10.4. The number of aryl methyl sites for hydroxylation is 1. The number of aromatic hydroxyl groups is 2. The van der Waals surface area contributed by atoms with Crippen molar-refractivity contribution in [1.82, 2.24) is 5.32 Å². The Morgan fingerprint density at radius 1 is 0.881 bits per heavy atom. The summed E-state index contributed by atoms with van der Waals surface area (Å²) in [7, 11) is 0. The molecule has 0 aliphatic carbocycles. The van der Waals surface area contributed by atoms with E-state index in [1.807, 2.05) is 0 Å². The molecule has 8 nitrogen and oxygen atoms in total. The lowest BCUT2D eigenvalue weighted by molar-refractivity contribution is 0.0693. The van der Waals surface area contributed by atoms with Crippen molar-refractivity contribution in [2.24, 2.45) is 0 Å². The Kier molecular flexibility index (Phi) is 16.9. The lowest BCUT2D eigenvalue weighted by Gasteiger charge is -2.14. The summed E-state index contributed by atoms with van der Waals surface area (Å²) in [6.45, 7) is 2.77. The zero-order valence-electron chi connectivity index (χ0n) is 23.6. The Bertz CT molecular complexity index is 1210. The van der Waals surface area contributed by atoms with E-state index < -0.39 is 17.8 Å². The van der Waals surface area contributed by atoms with Crippen molar-refractivity contribution in [1.29, 1.82) is 0 Å². The maximum Gasteiger partial charge on any atom is 0.339 e. The fourth-order valence-electron chi connectivity index (χ4n) is 4.11. The summed E-state index contributed by atoms with van der Waals surface area (Å²) in [5.74, 6) is -1.68. The Labute approximate surface area is 257 Å². The third kappa shape index (κ3) is 13.4. The van der Waals surface area contributed by atoms with Gasteiger partial charge in [-0.2, -0.15) is 0 Å². The van der Waals surface area contributed by atoms with Crippen LogP contribution in [0.4, 0.5) is 0 Å². The highest BCUT2D eigenvalue weighted by atomic mass is 35.5. The molecule has 6 N–H and O–H groups in total. The molecule has 1 unspecified atom stereocenters. The molecule has 0 radical (unpaired) electrons. The van der Waals surface area contributed by atoms with E-state index in [2.05, 4.69) is 35.6 Å². The van der Waals surface area contributed by atoms with Crippen molar-refractivity contribution in [2.45, 2.75) is 57.7 Å². The molecule has 0 fully saturated rings. The first-order chi connectivity index (χ1) is 20.2. The Hall–Kier alpha value is -2.85. The van der Waals surface area contributed by atoms with Gasteiger partial charge >= 0.3 is 5.97 Å². The second-order valence-electron chi connectivity index (χ2n) is 9.82. The van der Waals surface area contributed by atoms with E-state index in [1.165, 1.54) is 24.1 Å². The van der Waals surface area contributed by atoms with Gasteiger partial charge in [-0.1, -0.05) is 72.4 Å². The van der Waals surface area contributed by atoms with Crippen LogP contribution in [-0.4, -0.2) is 57.8 Å². The molecule has 3 rings (SSSR count). The monoisotopic (exact) mass is 621 g/mol. The molecule has 3 aromatic rings. The number of aliphatic hydroxyl groups is 2. The molecule has 0 aromatic heterocycles. The molecule has 0 heterocycles. The fourth-order valence-corrected chi connectivity index (χ4v) is 4.61. The maximum absolute atomic E-state index is 10.4. The van der Waals surface area contributed by atoms with Gasteiger partial charge in [-0.25, -0.2) is 4.79 Å². The predicted molar refractivity (Wildman–Crippen MR) is 166 cm³/mol. The summed E-state index contributed by atoms with van der Waals surface area (Å²) in [5.41, 5.74) is 2.24. The number of phenols is 2. The SMILES string of the molecule is O=C(O)c1cc(Cl)cc(Cl)c1O.OCc1cc(C(O)CNCCCCCCOCCCCc2ccccc2)ccc1O. The number of carbonyl (C=O) groups is 1. The van der Waals surface area contributed by atoms with E-state index in [-0.39, 0.29) is 28.0 Å². The average molecular weight is 623 g/mol. The van der Waals surface area contributed by atoms with Crippen LogP contribution in [0.2, 0.25) is 10.0 Å². The maximum atomic E-state index is 10.4. The van der Waals surface area contributed by atoms with Crippen LogP contribution in [0, 0.1) is 0 Å². The summed E-state index contributed by atoms with van der Waals surface area (Å²) in [6, 6.07) is 17.8. The van der Waals surface area contributed by atoms with Crippen LogP contribution in [-0.2, 0) is 17.8 Å². The van der Waals surface area contributed by atoms with Crippen LogP contribution in [0.1, 0.15) is 71.7 Å². The van der Waals surface area contributed by atoms with E-state index in [1.54, 1.807) is 12.1 Å². The largest absolute Gasteiger partial charge is 0.508 e. The van der Waals surface area contributed by atoms with Gasteiger partial charge in [0.25, 0.3) is 0 Å². The molecule has 230 valence electrons. The highest BCUT2D eigenvalue weighted by molar-refractivity contribution is 6.36. The summed E-state index contributed by atoms with van der Waals surface area (Å²) in [5, 5.41) is 50.0. The van der Waals surface area contributed by atoms with E-state index in [4.69, 9.17) is 38.2 Å². The van der Waals surface area contributed by atoms with E-state index in [0.717, 1.165) is 64.3 Å². The van der Waals surface area contributed by atoms with E-state index in [9.17, 15) is 20.1 Å². The third-order valence-electron chi connectivity index (χ3n) is 6.49. The quantitative estimate of drug-likeness (QED) is 0.0938. The lowest BCUT2D eigenvalue weighted by atomic mass is 10.1. The van der Waals surface area contributed by atoms with Gasteiger partial charge in [0, 0.05) is 30.3 Å². The van der Waals surface area contributed by atoms with Gasteiger partial charge in [-0.3, -0.25) is 0 Å². The smallest absolute Gasteiger partial charge is 0.339 e. The van der Waals surface area contributed by atoms with Gasteiger partial charge in [-0.05, 0) is 74.0 Å². The number of carboxylic acids is 1. The molecular weight excluding hydrogens is 581 g/mol. The zero-order valence-corrected chi connectivity index (χ0v) is 25.2. The van der Waals surface area contributed by atoms with Crippen LogP contribution in [0.3, 0.4) is 0 Å². The molecule has 0 saturated carbocycles. The Balaban J connectivity index is 0.000000428. The number of hydrogen-bond acceptors (Lipinski definition) is 7. The predicted octanol–water partition coefficient (Wildman–Crippen LogP) is 6.50. The van der Waals surface area contributed by atoms with E-state index in [0.29, 0.717) is 17.7 Å². The molecule has 0 bridgehead atoms. The number of hydrogen-bond donors (Lipinski definition) is 6. The van der Waals surface area contributed by atoms with Crippen molar-refractivity contribution < 1.29 is 35.1 Å². The van der Waals surface area contributed by atoms with Gasteiger partial charge < -0.3 is 35.6 Å². The number of ether oxygens (including phenoxy) is 1. The summed E-state index contributed by atoms with van der Waals surface area (Å²) in [6.07, 6.45) is 7.24. The number of rotatable bonds is 17. The lowest BCUT2D eigenvalue weighted by Crippen LogP contribution is -2.22. The second-order valence-corrected chi connectivity index (χ2v) is 10.7. The normalized spacial score (nSPS) is 11.5. The van der Waals surface area contributed by atoms with Crippen molar-refractivity contribution in [3.05, 3.63) is 93.0 Å². The van der Waals surface area contributed by atoms with Crippen LogP contribution >= 0.6 is 23.2 Å². The molecule has 3 aromatic carbocycles. The summed E-state index contributed by atoms with van der Waals surface area (Å²) < 4.78 is 5.72. The molecule has 0 spiro atoms. The molecule has 0 aliphatic heterocycles. The minimum absolute atomic E-state index is 0.0533. The van der Waals surface area contributed by atoms with E-state index >= 15 is 0 Å². The first-order valence-electron chi connectivity index (χ1n) is 14.1. The van der Waals surface area contributed by atoms with Crippen molar-refractivity contribution in [2.75, 3.05) is 26.3 Å². The average Bonchev–Trinajstić information content (AvgIpc) is 2.98. The number of nitrogens with one attached hydrogen (secondary N) is 1. The molecule has 0 aliphatic rings. The van der Waals surface area contributed by atoms with Crippen LogP contribution in [0.25, 0.3) is 0 Å². The van der Waals surface area contributed by atoms with Crippen molar-refractivity contribution in [3.8, 4) is 11.5 Å². The number of halogens is 2. The van der Waals surface area contributed by atoms with Crippen LogP contribution in [0.5, 0.6) is 11.5 Å². The Morgan fingerprint density at radius 2 is 1.57 bits per heavy atom. The highest BCUT2D eigenvalue weighted by Crippen LogP contribution is 2.30. The van der Waals surface area contributed by atoms with Gasteiger partial charge in [0.1, 0.15) is 17.1 Å². The van der Waals surface area contributed by atoms with Gasteiger partial charge in [0.2, 0.25) is 0 Å². The Morgan fingerprint density at radius 3 is 2.26 bits per heavy atom. The molecule has 42 heavy (non-hydrogen) atoms.